The van der Waals surface area contributed by atoms with Crippen LogP contribution >= 0.6 is 0 Å². The number of ether oxygens (including phenoxy) is 2. The number of rotatable bonds is 3. The number of fused-ring (bicyclic) bond motifs is 2. The summed E-state index contributed by atoms with van der Waals surface area (Å²) in [4.78, 5) is 0. The lowest BCUT2D eigenvalue weighted by Gasteiger charge is -2.41. The minimum absolute atomic E-state index is 0.0348. The van der Waals surface area contributed by atoms with Gasteiger partial charge in [0.2, 0.25) is 11.5 Å². The van der Waals surface area contributed by atoms with Gasteiger partial charge in [-0.3, -0.25) is 0 Å². The van der Waals surface area contributed by atoms with Crippen molar-refractivity contribution in [1.29, 1.82) is 0 Å². The molecule has 0 amide bonds. The van der Waals surface area contributed by atoms with Gasteiger partial charge in [-0.2, -0.15) is 0 Å². The lowest BCUT2D eigenvalue weighted by atomic mass is 9.76. The first-order valence-corrected chi connectivity index (χ1v) is 12.7. The Morgan fingerprint density at radius 3 is 1.61 bits per heavy atom. The van der Waals surface area contributed by atoms with E-state index in [1.807, 2.05) is 0 Å². The molecule has 0 aromatic heterocycles. The number of hydrogen-bond acceptors (Lipinski definition) is 11. The van der Waals surface area contributed by atoms with E-state index < -0.39 is 59.4 Å². The normalized spacial score (nSPS) is 25.0. The Kier molecular flexibility index (Phi) is 6.22. The molecule has 0 fully saturated rings. The van der Waals surface area contributed by atoms with E-state index in [9.17, 15) is 46.0 Å². The molecule has 11 heteroatoms. The van der Waals surface area contributed by atoms with Crippen LogP contribution in [0.2, 0.25) is 0 Å². The number of aliphatic hydroxyl groups is 3. The molecule has 0 saturated carbocycles. The lowest BCUT2D eigenvalue weighted by Crippen LogP contribution is -2.38. The molecular weight excluding hydrogens is 536 g/mol. The van der Waals surface area contributed by atoms with Crippen molar-refractivity contribution in [3.8, 4) is 46.0 Å². The van der Waals surface area contributed by atoms with Crippen molar-refractivity contribution in [3.05, 3.63) is 94.5 Å². The largest absolute Gasteiger partial charge is 0.508 e. The molecule has 0 radical (unpaired) electrons. The summed E-state index contributed by atoms with van der Waals surface area (Å²) < 4.78 is 11.9. The maximum absolute atomic E-state index is 11.7. The molecule has 0 unspecified atom stereocenters. The minimum atomic E-state index is -1.68. The maximum Gasteiger partial charge on any atom is 0.200 e. The summed E-state index contributed by atoms with van der Waals surface area (Å²) >= 11 is 0. The second-order valence-electron chi connectivity index (χ2n) is 10.1. The van der Waals surface area contributed by atoms with Gasteiger partial charge in [0.25, 0.3) is 0 Å². The third-order valence-corrected chi connectivity index (χ3v) is 7.63. The van der Waals surface area contributed by atoms with Crippen molar-refractivity contribution < 1.29 is 55.4 Å². The zero-order chi connectivity index (χ0) is 29.2. The molecule has 41 heavy (non-hydrogen) atoms. The lowest BCUT2D eigenvalue weighted by molar-refractivity contribution is -0.0722. The Bertz CT molecular complexity index is 1620. The first-order valence-electron chi connectivity index (χ1n) is 12.7. The molecule has 2 heterocycles. The van der Waals surface area contributed by atoms with Crippen LogP contribution in [0.25, 0.3) is 0 Å². The van der Waals surface area contributed by atoms with Gasteiger partial charge < -0.3 is 55.4 Å². The highest BCUT2D eigenvalue weighted by Crippen LogP contribution is 2.57. The molecule has 2 aliphatic heterocycles. The summed E-state index contributed by atoms with van der Waals surface area (Å²) in [6.45, 7) is 0. The fourth-order valence-electron chi connectivity index (χ4n) is 5.59. The van der Waals surface area contributed by atoms with Crippen molar-refractivity contribution in [3.63, 3.8) is 0 Å². The summed E-state index contributed by atoms with van der Waals surface area (Å²) in [5.41, 5.74) is 0.884. The van der Waals surface area contributed by atoms with Crippen LogP contribution in [0.4, 0.5) is 0 Å². The molecule has 212 valence electrons. The summed E-state index contributed by atoms with van der Waals surface area (Å²) in [5, 5.41) is 96.0. The predicted octanol–water partition coefficient (Wildman–Crippen LogP) is 3.07. The summed E-state index contributed by atoms with van der Waals surface area (Å²) in [6, 6.07) is 15.1. The molecule has 6 atom stereocenters. The molecule has 9 N–H and O–H groups in total. The molecule has 0 aliphatic carbocycles. The van der Waals surface area contributed by atoms with Crippen molar-refractivity contribution in [1.82, 2.24) is 0 Å². The van der Waals surface area contributed by atoms with Crippen LogP contribution in [0.1, 0.15) is 52.0 Å². The molecule has 6 rings (SSSR count). The van der Waals surface area contributed by atoms with Crippen molar-refractivity contribution in [2.75, 3.05) is 0 Å². The van der Waals surface area contributed by atoms with Gasteiger partial charge in [0.1, 0.15) is 29.8 Å². The van der Waals surface area contributed by atoms with E-state index in [4.69, 9.17) is 9.47 Å². The van der Waals surface area contributed by atoms with Crippen LogP contribution < -0.4 is 9.47 Å². The Hall–Kier alpha value is -4.84. The average Bonchev–Trinajstić information content (AvgIpc) is 2.95. The van der Waals surface area contributed by atoms with Gasteiger partial charge in [-0.05, 0) is 53.1 Å². The molecule has 2 aliphatic rings. The highest BCUT2D eigenvalue weighted by molar-refractivity contribution is 5.65. The second-order valence-corrected chi connectivity index (χ2v) is 10.1. The van der Waals surface area contributed by atoms with E-state index in [1.54, 1.807) is 0 Å². The fraction of sp³-hybridized carbons (Fsp3) is 0.200. The van der Waals surface area contributed by atoms with Crippen molar-refractivity contribution in [2.45, 2.75) is 36.4 Å². The fourth-order valence-corrected chi connectivity index (χ4v) is 5.59. The van der Waals surface area contributed by atoms with Crippen LogP contribution in [-0.2, 0) is 0 Å². The van der Waals surface area contributed by atoms with Gasteiger partial charge in [-0.25, -0.2) is 0 Å². The molecular formula is C30H26O11. The third-order valence-electron chi connectivity index (χ3n) is 7.63. The first-order chi connectivity index (χ1) is 19.6. The van der Waals surface area contributed by atoms with Crippen LogP contribution in [-0.4, -0.2) is 58.2 Å². The SMILES string of the molecule is Oc1ccc([C@H]2Oc3c(ccc(O)c3O)[C@@H](c3cc(O)c(O)c4c3[C@H](O)[C@@H](O)[C@@H](c3ccc(O)cc3)O4)[C@@H]2O)cc1. The van der Waals surface area contributed by atoms with Gasteiger partial charge in [0, 0.05) is 17.0 Å². The smallest absolute Gasteiger partial charge is 0.200 e. The number of phenolic OH excluding ortho intramolecular Hbond substituents is 6. The number of hydrogen-bond donors (Lipinski definition) is 9. The topological polar surface area (TPSA) is 201 Å². The van der Waals surface area contributed by atoms with E-state index in [0.29, 0.717) is 11.1 Å². The van der Waals surface area contributed by atoms with Crippen molar-refractivity contribution in [2.24, 2.45) is 0 Å². The zero-order valence-corrected chi connectivity index (χ0v) is 21.2. The highest BCUT2D eigenvalue weighted by atomic mass is 16.5. The van der Waals surface area contributed by atoms with Crippen LogP contribution in [0.3, 0.4) is 0 Å². The first kappa shape index (κ1) is 26.4. The van der Waals surface area contributed by atoms with Gasteiger partial charge >= 0.3 is 0 Å². The summed E-state index contributed by atoms with van der Waals surface area (Å²) in [7, 11) is 0. The Labute approximate surface area is 232 Å². The van der Waals surface area contributed by atoms with E-state index in [2.05, 4.69) is 0 Å². The molecule has 0 spiro atoms. The monoisotopic (exact) mass is 562 g/mol. The van der Waals surface area contributed by atoms with Gasteiger partial charge in [-0.15, -0.1) is 0 Å². The van der Waals surface area contributed by atoms with Gasteiger partial charge in [0.05, 0.1) is 0 Å². The Morgan fingerprint density at radius 1 is 0.512 bits per heavy atom. The van der Waals surface area contributed by atoms with Gasteiger partial charge in [-0.1, -0.05) is 30.3 Å². The van der Waals surface area contributed by atoms with Crippen LogP contribution in [0.5, 0.6) is 46.0 Å². The molecule has 0 saturated heterocycles. The van der Waals surface area contributed by atoms with Crippen molar-refractivity contribution >= 4 is 0 Å². The molecule has 4 aromatic carbocycles. The van der Waals surface area contributed by atoms with Crippen LogP contribution in [0.15, 0.2) is 66.7 Å². The van der Waals surface area contributed by atoms with E-state index >= 15 is 0 Å². The number of phenols is 6. The highest BCUT2D eigenvalue weighted by Gasteiger charge is 2.47. The number of aliphatic hydroxyl groups excluding tert-OH is 3. The minimum Gasteiger partial charge on any atom is -0.508 e. The average molecular weight is 563 g/mol. The third kappa shape index (κ3) is 4.18. The molecule has 4 aromatic rings. The number of benzene rings is 4. The predicted molar refractivity (Wildman–Crippen MR) is 141 cm³/mol. The number of aromatic hydroxyl groups is 6. The van der Waals surface area contributed by atoms with Crippen LogP contribution in [0, 0.1) is 0 Å². The van der Waals surface area contributed by atoms with E-state index in [0.717, 1.165) is 6.07 Å². The quantitative estimate of drug-likeness (QED) is 0.166. The van der Waals surface area contributed by atoms with Gasteiger partial charge in [0.15, 0.2) is 35.2 Å². The summed E-state index contributed by atoms with van der Waals surface area (Å²) in [6.07, 6.45) is -7.06. The Morgan fingerprint density at radius 2 is 1.02 bits per heavy atom. The molecule has 0 bridgehead atoms. The molecule has 11 nitrogen and oxygen atoms in total. The van der Waals surface area contributed by atoms with E-state index in [-0.39, 0.29) is 39.7 Å². The zero-order valence-electron chi connectivity index (χ0n) is 21.2. The van der Waals surface area contributed by atoms with E-state index in [1.165, 1.54) is 60.7 Å². The standard InChI is InChI=1S/C30H26O11/c31-14-5-1-12(2-6-14)27-25(38)20(16-9-10-18(33)22(35)29(16)40-27)17-11-19(34)23(36)30-21(17)24(37)26(39)28(41-30)13-3-7-15(32)8-4-13/h1-11,20,24-28,31-39H/t20-,24-,25-,26+,27+,28+/m0/s1. The Balaban J connectivity index is 1.54. The summed E-state index contributed by atoms with van der Waals surface area (Å²) in [5.74, 6) is -4.17. The maximum atomic E-state index is 11.7. The second kappa shape index (κ2) is 9.66.